The van der Waals surface area contributed by atoms with Gasteiger partial charge in [-0.3, -0.25) is 4.79 Å². The number of hydrogen-bond acceptors (Lipinski definition) is 3. The Kier molecular flexibility index (Phi) is 7.31. The highest BCUT2D eigenvalue weighted by Gasteiger charge is 2.34. The van der Waals surface area contributed by atoms with E-state index in [0.717, 1.165) is 63.0 Å². The summed E-state index contributed by atoms with van der Waals surface area (Å²) in [6.45, 7) is 8.14. The molecule has 0 spiro atoms. The predicted molar refractivity (Wildman–Crippen MR) is 112 cm³/mol. The van der Waals surface area contributed by atoms with Crippen molar-refractivity contribution in [2.45, 2.75) is 52.0 Å². The molecule has 3 rings (SSSR count). The van der Waals surface area contributed by atoms with Gasteiger partial charge in [0.05, 0.1) is 5.92 Å². The molecule has 2 fully saturated rings. The molecule has 2 saturated heterocycles. The Labute approximate surface area is 168 Å². The van der Waals surface area contributed by atoms with Crippen molar-refractivity contribution in [3.63, 3.8) is 0 Å². The highest BCUT2D eigenvalue weighted by atomic mass is 16.2. The van der Waals surface area contributed by atoms with Gasteiger partial charge in [0.15, 0.2) is 0 Å². The van der Waals surface area contributed by atoms with Gasteiger partial charge in [0.1, 0.15) is 0 Å². The lowest BCUT2D eigenvalue weighted by atomic mass is 9.94. The maximum absolute atomic E-state index is 13.3. The first-order valence-corrected chi connectivity index (χ1v) is 10.7. The van der Waals surface area contributed by atoms with E-state index in [-0.39, 0.29) is 17.9 Å². The monoisotopic (exact) mass is 386 g/mol. The number of amides is 3. The molecule has 3 amide bonds. The van der Waals surface area contributed by atoms with Gasteiger partial charge in [-0.25, -0.2) is 4.79 Å². The molecule has 0 aliphatic carbocycles. The fraction of sp³-hybridized carbons (Fsp3) is 0.636. The molecule has 0 radical (unpaired) electrons. The molecule has 28 heavy (non-hydrogen) atoms. The van der Waals surface area contributed by atoms with Gasteiger partial charge < -0.3 is 20.4 Å². The van der Waals surface area contributed by atoms with Crippen LogP contribution in [0.25, 0.3) is 0 Å². The summed E-state index contributed by atoms with van der Waals surface area (Å²) in [7, 11) is 0. The molecule has 1 unspecified atom stereocenters. The second-order valence-corrected chi connectivity index (χ2v) is 8.10. The topological polar surface area (TPSA) is 64.7 Å². The highest BCUT2D eigenvalue weighted by molar-refractivity contribution is 5.90. The molecule has 6 heteroatoms. The van der Waals surface area contributed by atoms with Gasteiger partial charge in [-0.1, -0.05) is 19.1 Å². The van der Waals surface area contributed by atoms with Crippen molar-refractivity contribution in [1.29, 1.82) is 0 Å². The van der Waals surface area contributed by atoms with E-state index < -0.39 is 0 Å². The Hall–Kier alpha value is -2.08. The molecule has 1 atom stereocenters. The Balaban J connectivity index is 1.62. The van der Waals surface area contributed by atoms with Gasteiger partial charge >= 0.3 is 6.03 Å². The average molecular weight is 387 g/mol. The van der Waals surface area contributed by atoms with E-state index in [2.05, 4.69) is 22.5 Å². The number of aryl methyl sites for hydroxylation is 1. The van der Waals surface area contributed by atoms with Crippen LogP contribution in [-0.4, -0.2) is 60.5 Å². The summed E-state index contributed by atoms with van der Waals surface area (Å²) in [5.41, 5.74) is 1.92. The Morgan fingerprint density at radius 3 is 2.75 bits per heavy atom. The van der Waals surface area contributed by atoms with Crippen molar-refractivity contribution in [2.75, 3.05) is 38.0 Å². The molecule has 6 nitrogen and oxygen atoms in total. The van der Waals surface area contributed by atoms with Crippen LogP contribution < -0.4 is 10.6 Å². The second-order valence-electron chi connectivity index (χ2n) is 8.10. The lowest BCUT2D eigenvalue weighted by Crippen LogP contribution is -2.52. The number of anilines is 1. The van der Waals surface area contributed by atoms with E-state index in [9.17, 15) is 9.59 Å². The summed E-state index contributed by atoms with van der Waals surface area (Å²) in [5, 5.41) is 6.36. The Morgan fingerprint density at radius 1 is 1.25 bits per heavy atom. The summed E-state index contributed by atoms with van der Waals surface area (Å²) < 4.78 is 0. The third kappa shape index (κ3) is 5.25. The van der Waals surface area contributed by atoms with Gasteiger partial charge in [-0.05, 0) is 69.8 Å². The van der Waals surface area contributed by atoms with E-state index in [4.69, 9.17) is 0 Å². The lowest BCUT2D eigenvalue weighted by molar-refractivity contribution is -0.140. The summed E-state index contributed by atoms with van der Waals surface area (Å²) in [6.07, 6.45) is 4.77. The number of rotatable bonds is 5. The van der Waals surface area contributed by atoms with Crippen molar-refractivity contribution in [1.82, 2.24) is 15.1 Å². The maximum Gasteiger partial charge on any atom is 0.321 e. The van der Waals surface area contributed by atoms with Gasteiger partial charge in [0, 0.05) is 31.4 Å². The number of nitrogens with one attached hydrogen (secondary N) is 2. The van der Waals surface area contributed by atoms with Gasteiger partial charge in [0.2, 0.25) is 5.91 Å². The molecule has 2 aliphatic rings. The molecule has 154 valence electrons. The molecule has 2 heterocycles. The van der Waals surface area contributed by atoms with Crippen molar-refractivity contribution in [3.8, 4) is 0 Å². The maximum atomic E-state index is 13.3. The van der Waals surface area contributed by atoms with Crippen molar-refractivity contribution >= 4 is 17.6 Å². The summed E-state index contributed by atoms with van der Waals surface area (Å²) >= 11 is 0. The third-order valence-corrected chi connectivity index (χ3v) is 5.82. The van der Waals surface area contributed by atoms with E-state index in [1.54, 1.807) is 4.90 Å². The Morgan fingerprint density at radius 2 is 2.04 bits per heavy atom. The first kappa shape index (κ1) is 20.6. The third-order valence-electron chi connectivity index (χ3n) is 5.82. The number of benzene rings is 1. The zero-order valence-corrected chi connectivity index (χ0v) is 17.2. The number of likely N-dealkylation sites (tertiary alicyclic amines) is 1. The quantitative estimate of drug-likeness (QED) is 0.817. The van der Waals surface area contributed by atoms with Crippen LogP contribution >= 0.6 is 0 Å². The molecule has 2 aliphatic heterocycles. The zero-order chi connectivity index (χ0) is 19.9. The largest absolute Gasteiger partial charge is 0.339 e. The van der Waals surface area contributed by atoms with Crippen LogP contribution in [-0.2, 0) is 4.79 Å². The van der Waals surface area contributed by atoms with Crippen LogP contribution in [0.2, 0.25) is 0 Å². The standard InChI is InChI=1S/C22H34N4O2/c1-3-13-26(20-9-11-23-12-10-20)21(27)18-7-5-14-25(16-18)22(28)24-19-8-4-6-17(2)15-19/h4,6,8,15,18,20,23H,3,5,7,9-14,16H2,1-2H3,(H,24,28). The van der Waals surface area contributed by atoms with Crippen molar-refractivity contribution in [2.24, 2.45) is 5.92 Å². The molecule has 0 bridgehead atoms. The summed E-state index contributed by atoms with van der Waals surface area (Å²) in [5.74, 6) is 0.153. The van der Waals surface area contributed by atoms with Gasteiger partial charge in [-0.15, -0.1) is 0 Å². The number of piperidine rings is 2. The zero-order valence-electron chi connectivity index (χ0n) is 17.2. The second kappa shape index (κ2) is 9.92. The smallest absolute Gasteiger partial charge is 0.321 e. The molecule has 0 saturated carbocycles. The number of carbonyl (C=O) groups is 2. The Bertz CT molecular complexity index is 672. The minimum absolute atomic E-state index is 0.0848. The predicted octanol–water partition coefficient (Wildman–Crippen LogP) is 3.23. The van der Waals surface area contributed by atoms with E-state index in [1.807, 2.05) is 31.2 Å². The van der Waals surface area contributed by atoms with Crippen LogP contribution in [0, 0.1) is 12.8 Å². The van der Waals surface area contributed by atoms with Crippen molar-refractivity contribution in [3.05, 3.63) is 29.8 Å². The first-order chi connectivity index (χ1) is 13.6. The fourth-order valence-corrected chi connectivity index (χ4v) is 4.36. The minimum atomic E-state index is -0.105. The molecule has 2 N–H and O–H groups in total. The average Bonchev–Trinajstić information content (AvgIpc) is 2.72. The van der Waals surface area contributed by atoms with Crippen LogP contribution in [0.3, 0.4) is 0 Å². The van der Waals surface area contributed by atoms with Crippen LogP contribution in [0.4, 0.5) is 10.5 Å². The summed E-state index contributed by atoms with van der Waals surface area (Å²) in [6, 6.07) is 8.04. The molecule has 0 aromatic heterocycles. The van der Waals surface area contributed by atoms with Crippen LogP contribution in [0.15, 0.2) is 24.3 Å². The number of carbonyl (C=O) groups excluding carboxylic acids is 2. The number of urea groups is 1. The number of nitrogens with zero attached hydrogens (tertiary/aromatic N) is 2. The van der Waals surface area contributed by atoms with E-state index >= 15 is 0 Å². The van der Waals surface area contributed by atoms with Crippen LogP contribution in [0.5, 0.6) is 0 Å². The molecular weight excluding hydrogens is 352 g/mol. The van der Waals surface area contributed by atoms with E-state index in [1.165, 1.54) is 0 Å². The number of hydrogen-bond donors (Lipinski definition) is 2. The lowest BCUT2D eigenvalue weighted by Gasteiger charge is -2.39. The summed E-state index contributed by atoms with van der Waals surface area (Å²) in [4.78, 5) is 29.9. The fourth-order valence-electron chi connectivity index (χ4n) is 4.36. The van der Waals surface area contributed by atoms with Gasteiger partial charge in [0.25, 0.3) is 0 Å². The normalized spacial score (nSPS) is 20.6. The van der Waals surface area contributed by atoms with Gasteiger partial charge in [-0.2, -0.15) is 0 Å². The molecule has 1 aromatic rings. The minimum Gasteiger partial charge on any atom is -0.339 e. The molecule has 1 aromatic carbocycles. The first-order valence-electron chi connectivity index (χ1n) is 10.7. The van der Waals surface area contributed by atoms with E-state index in [0.29, 0.717) is 19.1 Å². The molecular formula is C22H34N4O2. The van der Waals surface area contributed by atoms with Crippen LogP contribution in [0.1, 0.15) is 44.6 Å². The SMILES string of the molecule is CCCN(C(=O)C1CCCN(C(=O)Nc2cccc(C)c2)C1)C1CCNCC1. The van der Waals surface area contributed by atoms with Crippen molar-refractivity contribution < 1.29 is 9.59 Å². The highest BCUT2D eigenvalue weighted by Crippen LogP contribution is 2.23.